The van der Waals surface area contributed by atoms with E-state index in [0.717, 1.165) is 19.5 Å². The summed E-state index contributed by atoms with van der Waals surface area (Å²) in [4.78, 5) is 2.59. The van der Waals surface area contributed by atoms with Crippen molar-refractivity contribution >= 4 is 21.4 Å². The van der Waals surface area contributed by atoms with Crippen LogP contribution in [0.1, 0.15) is 17.9 Å². The van der Waals surface area contributed by atoms with Crippen molar-refractivity contribution in [3.8, 4) is 0 Å². The van der Waals surface area contributed by atoms with Crippen LogP contribution in [0.25, 0.3) is 0 Å². The largest absolute Gasteiger partial charge is 0.302 e. The molecule has 0 amide bonds. The van der Waals surface area contributed by atoms with E-state index < -0.39 is 9.84 Å². The highest BCUT2D eigenvalue weighted by Crippen LogP contribution is 2.27. The van der Waals surface area contributed by atoms with Gasteiger partial charge in [-0.25, -0.2) is 8.42 Å². The van der Waals surface area contributed by atoms with Crippen molar-refractivity contribution in [2.24, 2.45) is 0 Å². The van der Waals surface area contributed by atoms with Gasteiger partial charge in [0.25, 0.3) is 0 Å². The maximum Gasteiger partial charge on any atom is 0.179 e. The fourth-order valence-electron chi connectivity index (χ4n) is 3.04. The van der Waals surface area contributed by atoms with Gasteiger partial charge in [0.2, 0.25) is 0 Å². The van der Waals surface area contributed by atoms with Gasteiger partial charge in [0, 0.05) is 18.1 Å². The molecule has 0 spiro atoms. The first-order chi connectivity index (χ1) is 11.0. The molecule has 5 heteroatoms. The molecule has 0 bridgehead atoms. The molecule has 3 rings (SSSR count). The molecule has 1 saturated heterocycles. The molecule has 2 aromatic rings. The van der Waals surface area contributed by atoms with E-state index in [9.17, 15) is 8.42 Å². The zero-order valence-electron chi connectivity index (χ0n) is 12.9. The predicted octanol–water partition coefficient (Wildman–Crippen LogP) is 3.60. The molecule has 2 aromatic carbocycles. The molecule has 1 fully saturated rings. The van der Waals surface area contributed by atoms with E-state index >= 15 is 0 Å². The molecule has 1 aliphatic rings. The van der Waals surface area contributed by atoms with Crippen molar-refractivity contribution in [2.45, 2.75) is 17.2 Å². The summed E-state index contributed by atoms with van der Waals surface area (Å²) in [5.74, 6) is 0.658. The lowest BCUT2D eigenvalue weighted by molar-refractivity contribution is 0.354. The Hall–Kier alpha value is -1.36. The van der Waals surface area contributed by atoms with Crippen molar-refractivity contribution in [3.05, 3.63) is 65.2 Å². The first-order valence-corrected chi connectivity index (χ1v) is 9.83. The Morgan fingerprint density at radius 1 is 1.04 bits per heavy atom. The first-order valence-electron chi connectivity index (χ1n) is 7.80. The Bertz CT molecular complexity index is 744. The van der Waals surface area contributed by atoms with E-state index in [0.29, 0.717) is 22.4 Å². The second-order valence-electron chi connectivity index (χ2n) is 5.97. The zero-order chi connectivity index (χ0) is 16.3. The lowest BCUT2D eigenvalue weighted by Crippen LogP contribution is -2.27. The van der Waals surface area contributed by atoms with E-state index in [-0.39, 0.29) is 5.75 Å². The van der Waals surface area contributed by atoms with Crippen LogP contribution in [0.15, 0.2) is 59.5 Å². The van der Waals surface area contributed by atoms with Gasteiger partial charge in [-0.15, -0.1) is 0 Å². The van der Waals surface area contributed by atoms with Crippen LogP contribution in [-0.4, -0.2) is 38.7 Å². The molecule has 0 N–H and O–H groups in total. The monoisotopic (exact) mass is 349 g/mol. The minimum Gasteiger partial charge on any atom is -0.302 e. The number of nitrogens with zero attached hydrogens (tertiary/aromatic N) is 1. The topological polar surface area (TPSA) is 37.4 Å². The number of sulfone groups is 1. The SMILES string of the molecule is O=S(=O)(CCN1CCC(c2ccccc2)C1)c1ccc(Cl)cc1. The summed E-state index contributed by atoms with van der Waals surface area (Å²) in [6.45, 7) is 2.46. The van der Waals surface area contributed by atoms with Crippen LogP contribution in [0, 0.1) is 0 Å². The molecule has 0 aliphatic carbocycles. The summed E-state index contributed by atoms with van der Waals surface area (Å²) in [5.41, 5.74) is 1.34. The standard InChI is InChI=1S/C18H20ClNO2S/c19-17-6-8-18(9-7-17)23(21,22)13-12-20-11-10-16(14-20)15-4-2-1-3-5-15/h1-9,16H,10-14H2. The molecule has 0 radical (unpaired) electrons. The number of rotatable bonds is 5. The van der Waals surface area contributed by atoms with Crippen molar-refractivity contribution < 1.29 is 8.42 Å². The van der Waals surface area contributed by atoms with Crippen molar-refractivity contribution in [2.75, 3.05) is 25.4 Å². The normalized spacial score (nSPS) is 19.1. The molecular weight excluding hydrogens is 330 g/mol. The Morgan fingerprint density at radius 3 is 2.43 bits per heavy atom. The fourth-order valence-corrected chi connectivity index (χ4v) is 4.45. The Labute approximate surface area is 142 Å². The number of hydrogen-bond acceptors (Lipinski definition) is 3. The molecule has 0 aromatic heterocycles. The maximum atomic E-state index is 12.4. The van der Waals surface area contributed by atoms with Crippen LogP contribution in [0.3, 0.4) is 0 Å². The van der Waals surface area contributed by atoms with Crippen molar-refractivity contribution in [1.29, 1.82) is 0 Å². The van der Waals surface area contributed by atoms with Gasteiger partial charge in [-0.05, 0) is 48.7 Å². The summed E-state index contributed by atoms with van der Waals surface area (Å²) < 4.78 is 24.8. The van der Waals surface area contributed by atoms with Gasteiger partial charge < -0.3 is 4.90 Å². The highest BCUT2D eigenvalue weighted by Gasteiger charge is 2.25. The summed E-state index contributed by atoms with van der Waals surface area (Å²) in [6, 6.07) is 16.8. The molecule has 3 nitrogen and oxygen atoms in total. The molecule has 0 saturated carbocycles. The summed E-state index contributed by atoms with van der Waals surface area (Å²) in [7, 11) is -3.25. The number of halogens is 1. The predicted molar refractivity (Wildman–Crippen MR) is 93.7 cm³/mol. The minimum absolute atomic E-state index is 0.149. The molecule has 1 atom stereocenters. The number of likely N-dealkylation sites (tertiary alicyclic amines) is 1. The lowest BCUT2D eigenvalue weighted by atomic mass is 9.99. The Balaban J connectivity index is 1.58. The van der Waals surface area contributed by atoms with Crippen molar-refractivity contribution in [3.63, 3.8) is 0 Å². The Morgan fingerprint density at radius 2 is 1.74 bits per heavy atom. The smallest absolute Gasteiger partial charge is 0.179 e. The highest BCUT2D eigenvalue weighted by atomic mass is 35.5. The third kappa shape index (κ3) is 4.14. The maximum absolute atomic E-state index is 12.4. The second-order valence-corrected chi connectivity index (χ2v) is 8.52. The third-order valence-electron chi connectivity index (χ3n) is 4.39. The van der Waals surface area contributed by atoms with Gasteiger partial charge in [-0.3, -0.25) is 0 Å². The second kappa shape index (κ2) is 7.04. The molecule has 23 heavy (non-hydrogen) atoms. The quantitative estimate of drug-likeness (QED) is 0.827. The van der Waals surface area contributed by atoms with Gasteiger partial charge in [0.05, 0.1) is 10.6 Å². The van der Waals surface area contributed by atoms with Crippen LogP contribution in [0.4, 0.5) is 0 Å². The van der Waals surface area contributed by atoms with Crippen molar-refractivity contribution in [1.82, 2.24) is 4.90 Å². The molecule has 1 heterocycles. The summed E-state index contributed by atoms with van der Waals surface area (Å²) in [5, 5.41) is 0.550. The van der Waals surface area contributed by atoms with Crippen LogP contribution >= 0.6 is 11.6 Å². The van der Waals surface area contributed by atoms with Crippen LogP contribution in [-0.2, 0) is 9.84 Å². The minimum atomic E-state index is -3.25. The summed E-state index contributed by atoms with van der Waals surface area (Å²) >= 11 is 5.81. The van der Waals surface area contributed by atoms with E-state index in [1.165, 1.54) is 5.56 Å². The van der Waals surface area contributed by atoms with Gasteiger partial charge in [-0.1, -0.05) is 41.9 Å². The van der Waals surface area contributed by atoms with Gasteiger partial charge in [0.15, 0.2) is 9.84 Å². The molecule has 122 valence electrons. The molecule has 1 aliphatic heterocycles. The summed E-state index contributed by atoms with van der Waals surface area (Å²) in [6.07, 6.45) is 1.09. The van der Waals surface area contributed by atoms with Crippen LogP contribution < -0.4 is 0 Å². The van der Waals surface area contributed by atoms with Gasteiger partial charge in [0.1, 0.15) is 0 Å². The van der Waals surface area contributed by atoms with Gasteiger partial charge >= 0.3 is 0 Å². The van der Waals surface area contributed by atoms with E-state index in [4.69, 9.17) is 11.6 Å². The number of benzene rings is 2. The van der Waals surface area contributed by atoms with Crippen LogP contribution in [0.2, 0.25) is 5.02 Å². The van der Waals surface area contributed by atoms with Gasteiger partial charge in [-0.2, -0.15) is 0 Å². The lowest BCUT2D eigenvalue weighted by Gasteiger charge is -2.16. The Kier molecular flexibility index (Phi) is 5.05. The number of hydrogen-bond donors (Lipinski definition) is 0. The van der Waals surface area contributed by atoms with E-state index in [1.807, 2.05) is 6.07 Å². The average Bonchev–Trinajstić information content (AvgIpc) is 3.03. The zero-order valence-corrected chi connectivity index (χ0v) is 14.4. The molecular formula is C18H20ClNO2S. The average molecular weight is 350 g/mol. The van der Waals surface area contributed by atoms with E-state index in [2.05, 4.69) is 29.2 Å². The third-order valence-corrected chi connectivity index (χ3v) is 6.35. The van der Waals surface area contributed by atoms with E-state index in [1.54, 1.807) is 24.3 Å². The van der Waals surface area contributed by atoms with Crippen LogP contribution in [0.5, 0.6) is 0 Å². The fraction of sp³-hybridized carbons (Fsp3) is 0.333. The highest BCUT2D eigenvalue weighted by molar-refractivity contribution is 7.91. The molecule has 1 unspecified atom stereocenters. The first kappa shape index (κ1) is 16.5.